The zero-order chi connectivity index (χ0) is 11.7. The van der Waals surface area contributed by atoms with Gasteiger partial charge >= 0.3 is 15.6 Å². The lowest BCUT2D eigenvalue weighted by molar-refractivity contribution is -0.0473. The molecule has 1 heterocycles. The summed E-state index contributed by atoms with van der Waals surface area (Å²) >= 11 is 0. The Kier molecular flexibility index (Phi) is 4.05. The standard InChI is InChI=1S/C4H10O9P2/c5-1-4-3(6)2-11-14(7,8)13-15(9,10)12-4/h3-6H,1-2H2,(H,7,8)(H,9,10)/t3-,4-/m0/s1. The van der Waals surface area contributed by atoms with Crippen LogP contribution in [-0.2, 0) is 22.5 Å². The van der Waals surface area contributed by atoms with Crippen molar-refractivity contribution in [2.45, 2.75) is 12.2 Å². The number of hydrogen-bond acceptors (Lipinski definition) is 7. The third kappa shape index (κ3) is 3.92. The number of aliphatic hydroxyl groups is 2. The van der Waals surface area contributed by atoms with Gasteiger partial charge in [-0.15, -0.1) is 0 Å². The monoisotopic (exact) mass is 264 g/mol. The molecule has 0 spiro atoms. The summed E-state index contributed by atoms with van der Waals surface area (Å²) in [6, 6.07) is 0. The van der Waals surface area contributed by atoms with E-state index in [1.165, 1.54) is 0 Å². The van der Waals surface area contributed by atoms with Gasteiger partial charge in [0.25, 0.3) is 0 Å². The van der Waals surface area contributed by atoms with Gasteiger partial charge in [-0.3, -0.25) is 9.05 Å². The summed E-state index contributed by atoms with van der Waals surface area (Å²) in [6.45, 7) is -1.44. The molecule has 0 aliphatic carbocycles. The third-order valence-corrected chi connectivity index (χ3v) is 4.16. The van der Waals surface area contributed by atoms with Gasteiger partial charge in [-0.05, 0) is 0 Å². The van der Waals surface area contributed by atoms with Crippen molar-refractivity contribution in [3.05, 3.63) is 0 Å². The largest absolute Gasteiger partial charge is 0.481 e. The van der Waals surface area contributed by atoms with E-state index in [0.717, 1.165) is 0 Å². The van der Waals surface area contributed by atoms with Crippen LogP contribution in [0.3, 0.4) is 0 Å². The molecule has 2 unspecified atom stereocenters. The van der Waals surface area contributed by atoms with Crippen LogP contribution in [0.25, 0.3) is 0 Å². The Labute approximate surface area is 84.4 Å². The van der Waals surface area contributed by atoms with E-state index in [0.29, 0.717) is 0 Å². The SMILES string of the molecule is O=P1(O)OC[C@H](O)[C@H](CO)OP(=O)(O)O1. The molecular formula is C4H10O9P2. The molecule has 4 N–H and O–H groups in total. The second kappa shape index (κ2) is 4.58. The minimum Gasteiger partial charge on any atom is -0.394 e. The van der Waals surface area contributed by atoms with E-state index in [1.54, 1.807) is 0 Å². The summed E-state index contributed by atoms with van der Waals surface area (Å²) in [5, 5.41) is 17.9. The molecule has 9 nitrogen and oxygen atoms in total. The summed E-state index contributed by atoms with van der Waals surface area (Å²) < 4.78 is 34.1. The maximum Gasteiger partial charge on any atom is 0.481 e. The zero-order valence-electron chi connectivity index (χ0n) is 7.29. The van der Waals surface area contributed by atoms with E-state index in [1.807, 2.05) is 0 Å². The lowest BCUT2D eigenvalue weighted by Crippen LogP contribution is -2.36. The highest BCUT2D eigenvalue weighted by Gasteiger charge is 2.42. The smallest absolute Gasteiger partial charge is 0.394 e. The third-order valence-electron chi connectivity index (χ3n) is 1.49. The quantitative estimate of drug-likeness (QED) is 0.437. The van der Waals surface area contributed by atoms with Gasteiger partial charge in [0.2, 0.25) is 0 Å². The molecule has 4 atom stereocenters. The number of rotatable bonds is 1. The van der Waals surface area contributed by atoms with Crippen LogP contribution in [-0.4, -0.2) is 45.4 Å². The van der Waals surface area contributed by atoms with Crippen LogP contribution in [0, 0.1) is 0 Å². The molecule has 0 aromatic rings. The first kappa shape index (κ1) is 13.2. The lowest BCUT2D eigenvalue weighted by atomic mass is 10.2. The van der Waals surface area contributed by atoms with Crippen molar-refractivity contribution < 1.29 is 42.5 Å². The van der Waals surface area contributed by atoms with Crippen molar-refractivity contribution >= 4 is 15.6 Å². The Morgan fingerprint density at radius 2 is 1.87 bits per heavy atom. The van der Waals surface area contributed by atoms with Crippen LogP contribution in [0.1, 0.15) is 0 Å². The molecule has 0 aromatic carbocycles. The van der Waals surface area contributed by atoms with Gasteiger partial charge in [0.05, 0.1) is 13.2 Å². The highest BCUT2D eigenvalue weighted by atomic mass is 31.3. The molecule has 1 saturated heterocycles. The maximum atomic E-state index is 11.0. The van der Waals surface area contributed by atoms with Crippen molar-refractivity contribution in [2.75, 3.05) is 13.2 Å². The van der Waals surface area contributed by atoms with Crippen molar-refractivity contribution in [3.63, 3.8) is 0 Å². The normalized spacial score (nSPS) is 48.3. The Bertz CT molecular complexity index is 315. The Morgan fingerprint density at radius 1 is 1.27 bits per heavy atom. The molecule has 0 radical (unpaired) electrons. The van der Waals surface area contributed by atoms with E-state index < -0.39 is 41.1 Å². The van der Waals surface area contributed by atoms with Gasteiger partial charge in [0.15, 0.2) is 0 Å². The van der Waals surface area contributed by atoms with Crippen LogP contribution >= 0.6 is 15.6 Å². The molecule has 1 rings (SSSR count). The predicted octanol–water partition coefficient (Wildman–Crippen LogP) is -1.03. The molecule has 1 aliphatic heterocycles. The maximum absolute atomic E-state index is 11.0. The molecule has 0 amide bonds. The minimum absolute atomic E-state index is 0.668. The average Bonchev–Trinajstić information content (AvgIpc) is 2.07. The highest BCUT2D eigenvalue weighted by Crippen LogP contribution is 2.62. The van der Waals surface area contributed by atoms with Crippen LogP contribution in [0.15, 0.2) is 0 Å². The molecule has 1 fully saturated rings. The van der Waals surface area contributed by atoms with Crippen molar-refractivity contribution in [1.82, 2.24) is 0 Å². The molecule has 0 saturated carbocycles. The van der Waals surface area contributed by atoms with Gasteiger partial charge in [-0.25, -0.2) is 9.13 Å². The van der Waals surface area contributed by atoms with Gasteiger partial charge in [-0.2, -0.15) is 4.31 Å². The number of phosphoric acid groups is 2. The summed E-state index contributed by atoms with van der Waals surface area (Å²) in [4.78, 5) is 17.7. The molecule has 11 heteroatoms. The van der Waals surface area contributed by atoms with Crippen molar-refractivity contribution in [1.29, 1.82) is 0 Å². The highest BCUT2D eigenvalue weighted by molar-refractivity contribution is 7.61. The van der Waals surface area contributed by atoms with Gasteiger partial charge < -0.3 is 20.0 Å². The van der Waals surface area contributed by atoms with E-state index in [-0.39, 0.29) is 0 Å². The fourth-order valence-electron chi connectivity index (χ4n) is 0.847. The lowest BCUT2D eigenvalue weighted by Gasteiger charge is -2.27. The summed E-state index contributed by atoms with van der Waals surface area (Å²) in [5.74, 6) is 0. The van der Waals surface area contributed by atoms with Crippen LogP contribution < -0.4 is 0 Å². The van der Waals surface area contributed by atoms with Gasteiger partial charge in [-0.1, -0.05) is 0 Å². The first-order valence-corrected chi connectivity index (χ1v) is 6.73. The molecule has 90 valence electrons. The molecular weight excluding hydrogens is 254 g/mol. The Morgan fingerprint density at radius 3 is 2.40 bits per heavy atom. The number of phosphoric ester groups is 2. The molecule has 15 heavy (non-hydrogen) atoms. The minimum atomic E-state index is -4.85. The van der Waals surface area contributed by atoms with Crippen molar-refractivity contribution in [2.24, 2.45) is 0 Å². The fraction of sp³-hybridized carbons (Fsp3) is 1.00. The van der Waals surface area contributed by atoms with Crippen LogP contribution in [0.2, 0.25) is 0 Å². The van der Waals surface area contributed by atoms with E-state index >= 15 is 0 Å². The predicted molar refractivity (Wildman–Crippen MR) is 44.7 cm³/mol. The summed E-state index contributed by atoms with van der Waals surface area (Å²) in [7, 11) is -9.58. The summed E-state index contributed by atoms with van der Waals surface area (Å²) in [6.07, 6.45) is -2.94. The number of hydrogen-bond donors (Lipinski definition) is 4. The zero-order valence-corrected chi connectivity index (χ0v) is 9.08. The Hall–Kier alpha value is 0.180. The van der Waals surface area contributed by atoms with E-state index in [4.69, 9.17) is 14.9 Å². The van der Waals surface area contributed by atoms with E-state index in [2.05, 4.69) is 13.4 Å². The second-order valence-electron chi connectivity index (χ2n) is 2.71. The van der Waals surface area contributed by atoms with Crippen LogP contribution in [0.5, 0.6) is 0 Å². The molecule has 1 aliphatic rings. The Balaban J connectivity index is 2.87. The van der Waals surface area contributed by atoms with E-state index in [9.17, 15) is 14.2 Å². The fourth-order valence-corrected chi connectivity index (χ4v) is 3.12. The van der Waals surface area contributed by atoms with Gasteiger partial charge in [0, 0.05) is 0 Å². The number of aliphatic hydroxyl groups excluding tert-OH is 2. The topological polar surface area (TPSA) is 143 Å². The second-order valence-corrected chi connectivity index (χ2v) is 5.70. The molecule has 0 aromatic heterocycles. The first-order chi connectivity index (χ1) is 6.76. The molecule has 0 bridgehead atoms. The van der Waals surface area contributed by atoms with Gasteiger partial charge in [0.1, 0.15) is 12.2 Å². The average molecular weight is 264 g/mol. The summed E-state index contributed by atoms with van der Waals surface area (Å²) in [5.41, 5.74) is 0. The van der Waals surface area contributed by atoms with Crippen LogP contribution in [0.4, 0.5) is 0 Å². The first-order valence-electron chi connectivity index (χ1n) is 3.74. The van der Waals surface area contributed by atoms with Crippen molar-refractivity contribution in [3.8, 4) is 0 Å².